The Kier molecular flexibility index (Phi) is 3.80. The highest BCUT2D eigenvalue weighted by Gasteiger charge is 2.48. The van der Waals surface area contributed by atoms with Gasteiger partial charge < -0.3 is 4.90 Å². The van der Waals surface area contributed by atoms with Crippen LogP contribution in [0.2, 0.25) is 0 Å². The lowest BCUT2D eigenvalue weighted by Crippen LogP contribution is -2.57. The molecular formula is C15H16FN5O3S. The van der Waals surface area contributed by atoms with E-state index in [9.17, 15) is 17.6 Å². The molecule has 2 fully saturated rings. The van der Waals surface area contributed by atoms with Gasteiger partial charge in [0.15, 0.2) is 5.69 Å². The van der Waals surface area contributed by atoms with Crippen molar-refractivity contribution in [2.24, 2.45) is 0 Å². The van der Waals surface area contributed by atoms with E-state index >= 15 is 0 Å². The summed E-state index contributed by atoms with van der Waals surface area (Å²) in [5.74, 6) is -0.860. The van der Waals surface area contributed by atoms with Gasteiger partial charge in [-0.15, -0.1) is 0 Å². The van der Waals surface area contributed by atoms with Crippen LogP contribution in [0.5, 0.6) is 0 Å². The highest BCUT2D eigenvalue weighted by molar-refractivity contribution is 7.89. The normalized spacial score (nSPS) is 23.8. The summed E-state index contributed by atoms with van der Waals surface area (Å²) >= 11 is 0. The van der Waals surface area contributed by atoms with Crippen molar-refractivity contribution < 1.29 is 17.6 Å². The number of carbonyl (C=O) groups excluding carboxylic acids is 1. The van der Waals surface area contributed by atoms with Gasteiger partial charge in [0.25, 0.3) is 5.91 Å². The van der Waals surface area contributed by atoms with Gasteiger partial charge in [0.1, 0.15) is 5.82 Å². The van der Waals surface area contributed by atoms with Crippen LogP contribution in [0.1, 0.15) is 23.3 Å². The highest BCUT2D eigenvalue weighted by atomic mass is 32.2. The molecule has 1 aromatic heterocycles. The summed E-state index contributed by atoms with van der Waals surface area (Å²) in [6.45, 7) is 0.577. The van der Waals surface area contributed by atoms with E-state index < -0.39 is 15.8 Å². The van der Waals surface area contributed by atoms with Gasteiger partial charge in [-0.05, 0) is 31.0 Å². The summed E-state index contributed by atoms with van der Waals surface area (Å²) in [7, 11) is -3.80. The summed E-state index contributed by atoms with van der Waals surface area (Å²) in [5.41, 5.74) is 0.209. The number of carbonyl (C=O) groups is 1. The van der Waals surface area contributed by atoms with Crippen molar-refractivity contribution in [2.75, 3.05) is 13.1 Å². The maximum Gasteiger partial charge on any atom is 0.276 e. The summed E-state index contributed by atoms with van der Waals surface area (Å²) in [5, 5.41) is 9.81. The Morgan fingerprint density at radius 1 is 1.24 bits per heavy atom. The zero-order valence-corrected chi connectivity index (χ0v) is 14.0. The Balaban J connectivity index is 1.59. The van der Waals surface area contributed by atoms with Crippen molar-refractivity contribution >= 4 is 15.9 Å². The number of aromatic amines is 1. The number of nitrogens with one attached hydrogen (secondary N) is 1. The van der Waals surface area contributed by atoms with E-state index in [1.165, 1.54) is 28.7 Å². The standard InChI is InChI=1S/C15H16FN5O3S/c16-10-2-1-3-13(6-10)25(23,24)21-11-4-5-12(21)9-20(8-11)15(22)14-7-17-19-18-14/h1-3,6-7,11-12H,4-5,8-9H2,(H,17,18,19)/t11-,12+. The number of rotatable bonds is 3. The number of aromatic nitrogens is 3. The van der Waals surface area contributed by atoms with Crippen molar-refractivity contribution in [1.29, 1.82) is 0 Å². The van der Waals surface area contributed by atoms with Crippen LogP contribution in [-0.4, -0.2) is 64.1 Å². The third-order valence-electron chi connectivity index (χ3n) is 4.71. The summed E-state index contributed by atoms with van der Waals surface area (Å²) in [6, 6.07) is 4.38. The summed E-state index contributed by atoms with van der Waals surface area (Å²) in [6.07, 6.45) is 2.68. The maximum atomic E-state index is 13.4. The molecule has 2 aliphatic rings. The second kappa shape index (κ2) is 5.88. The van der Waals surface area contributed by atoms with Crippen molar-refractivity contribution in [3.05, 3.63) is 42.0 Å². The molecule has 1 amide bonds. The molecule has 0 saturated carbocycles. The summed E-state index contributed by atoms with van der Waals surface area (Å²) < 4.78 is 40.8. The van der Waals surface area contributed by atoms with E-state index in [0.717, 1.165) is 6.07 Å². The molecule has 2 aliphatic heterocycles. The van der Waals surface area contributed by atoms with Crippen LogP contribution < -0.4 is 0 Å². The van der Waals surface area contributed by atoms with Gasteiger partial charge in [-0.1, -0.05) is 6.07 Å². The first kappa shape index (κ1) is 16.2. The average molecular weight is 365 g/mol. The topological polar surface area (TPSA) is 99.3 Å². The molecule has 3 heterocycles. The lowest BCUT2D eigenvalue weighted by atomic mass is 10.2. The molecule has 2 aromatic rings. The smallest absolute Gasteiger partial charge is 0.276 e. The SMILES string of the molecule is O=C(c1cn[nH]n1)N1C[C@H]2CC[C@@H](C1)N2S(=O)(=O)c1cccc(F)c1. The van der Waals surface area contributed by atoms with Crippen molar-refractivity contribution in [3.63, 3.8) is 0 Å². The fraction of sp³-hybridized carbons (Fsp3) is 0.400. The zero-order chi connectivity index (χ0) is 17.6. The predicted octanol–water partition coefficient (Wildman–Crippen LogP) is 0.621. The molecule has 2 bridgehead atoms. The van der Waals surface area contributed by atoms with E-state index in [1.807, 2.05) is 0 Å². The second-order valence-electron chi connectivity index (χ2n) is 6.24. The minimum absolute atomic E-state index is 0.0549. The van der Waals surface area contributed by atoms with Gasteiger partial charge in [0, 0.05) is 25.2 Å². The first-order chi connectivity index (χ1) is 12.0. The van der Waals surface area contributed by atoms with Crippen LogP contribution in [0.25, 0.3) is 0 Å². The molecule has 2 saturated heterocycles. The molecule has 1 N–H and O–H groups in total. The Morgan fingerprint density at radius 3 is 2.56 bits per heavy atom. The number of hydrogen-bond acceptors (Lipinski definition) is 5. The first-order valence-corrected chi connectivity index (χ1v) is 9.35. The van der Waals surface area contributed by atoms with Crippen LogP contribution in [-0.2, 0) is 10.0 Å². The number of fused-ring (bicyclic) bond motifs is 2. The predicted molar refractivity (Wildman–Crippen MR) is 84.5 cm³/mol. The Bertz CT molecular complexity index is 888. The number of likely N-dealkylation sites (tertiary alicyclic amines) is 1. The number of piperazine rings is 1. The van der Waals surface area contributed by atoms with E-state index in [-0.39, 0.29) is 41.7 Å². The number of amides is 1. The van der Waals surface area contributed by atoms with Gasteiger partial charge >= 0.3 is 0 Å². The molecule has 8 nitrogen and oxygen atoms in total. The Morgan fingerprint density at radius 2 is 1.96 bits per heavy atom. The quantitative estimate of drug-likeness (QED) is 0.860. The largest absolute Gasteiger partial charge is 0.334 e. The number of hydrogen-bond donors (Lipinski definition) is 1. The molecule has 4 rings (SSSR count). The van der Waals surface area contributed by atoms with Gasteiger partial charge in [-0.2, -0.15) is 19.7 Å². The molecule has 0 aliphatic carbocycles. The highest BCUT2D eigenvalue weighted by Crippen LogP contribution is 2.35. The molecule has 132 valence electrons. The Hall–Kier alpha value is -2.33. The number of halogens is 1. The number of H-pyrrole nitrogens is 1. The second-order valence-corrected chi connectivity index (χ2v) is 8.09. The van der Waals surface area contributed by atoms with Crippen molar-refractivity contribution in [3.8, 4) is 0 Å². The molecule has 25 heavy (non-hydrogen) atoms. The maximum absolute atomic E-state index is 13.4. The molecule has 2 atom stereocenters. The van der Waals surface area contributed by atoms with Crippen molar-refractivity contribution in [2.45, 2.75) is 29.8 Å². The lowest BCUT2D eigenvalue weighted by Gasteiger charge is -2.39. The zero-order valence-electron chi connectivity index (χ0n) is 13.2. The third-order valence-corrected chi connectivity index (χ3v) is 6.71. The van der Waals surface area contributed by atoms with E-state index in [2.05, 4.69) is 15.4 Å². The fourth-order valence-corrected chi connectivity index (χ4v) is 5.52. The fourth-order valence-electron chi connectivity index (χ4n) is 3.64. The lowest BCUT2D eigenvalue weighted by molar-refractivity contribution is 0.0609. The minimum atomic E-state index is -3.80. The third kappa shape index (κ3) is 2.71. The molecule has 0 spiro atoms. The first-order valence-electron chi connectivity index (χ1n) is 7.91. The molecule has 1 aromatic carbocycles. The number of sulfonamides is 1. The van der Waals surface area contributed by atoms with Crippen LogP contribution in [0, 0.1) is 5.82 Å². The van der Waals surface area contributed by atoms with Crippen LogP contribution >= 0.6 is 0 Å². The Labute approximate surface area is 143 Å². The van der Waals surface area contributed by atoms with Crippen LogP contribution in [0.15, 0.2) is 35.4 Å². The number of nitrogens with zero attached hydrogens (tertiary/aromatic N) is 4. The molecule has 0 radical (unpaired) electrons. The van der Waals surface area contributed by atoms with E-state index in [0.29, 0.717) is 12.8 Å². The molecule has 10 heteroatoms. The van der Waals surface area contributed by atoms with E-state index in [4.69, 9.17) is 0 Å². The van der Waals surface area contributed by atoms with Gasteiger partial charge in [-0.25, -0.2) is 12.8 Å². The molecule has 0 unspecified atom stereocenters. The number of benzene rings is 1. The average Bonchev–Trinajstić information content (AvgIpc) is 3.21. The van der Waals surface area contributed by atoms with Crippen molar-refractivity contribution in [1.82, 2.24) is 24.6 Å². The summed E-state index contributed by atoms with van der Waals surface area (Å²) in [4.78, 5) is 14.0. The molecular weight excluding hydrogens is 349 g/mol. The monoisotopic (exact) mass is 365 g/mol. The minimum Gasteiger partial charge on any atom is -0.334 e. The van der Waals surface area contributed by atoms with Gasteiger partial charge in [-0.3, -0.25) is 4.79 Å². The van der Waals surface area contributed by atoms with Gasteiger partial charge in [0.05, 0.1) is 11.1 Å². The van der Waals surface area contributed by atoms with Gasteiger partial charge in [0.2, 0.25) is 10.0 Å². The van der Waals surface area contributed by atoms with E-state index in [1.54, 1.807) is 4.90 Å². The van der Waals surface area contributed by atoms with Crippen LogP contribution in [0.4, 0.5) is 4.39 Å². The van der Waals surface area contributed by atoms with Crippen LogP contribution in [0.3, 0.4) is 0 Å².